The molecule has 0 saturated carbocycles. The van der Waals surface area contributed by atoms with E-state index >= 15 is 0 Å². The molecule has 5 nitrogen and oxygen atoms in total. The zero-order valence-electron chi connectivity index (χ0n) is 12.9. The Kier molecular flexibility index (Phi) is 3.80. The SMILES string of the molecule is O=c1[nH]c(-c2cccc([C@H]3Cc4cc(C(F)(F)F)cc(Cl)c4O3)c2)no1. The maximum absolute atomic E-state index is 13.0. The van der Waals surface area contributed by atoms with Crippen LogP contribution in [0, 0.1) is 0 Å². The maximum atomic E-state index is 13.0. The number of hydrogen-bond donors (Lipinski definition) is 1. The fourth-order valence-corrected chi connectivity index (χ4v) is 3.19. The first-order chi connectivity index (χ1) is 12.3. The molecule has 0 bridgehead atoms. The van der Waals surface area contributed by atoms with Crippen molar-refractivity contribution in [2.45, 2.75) is 18.7 Å². The summed E-state index contributed by atoms with van der Waals surface area (Å²) in [5.41, 5.74) is 0.900. The summed E-state index contributed by atoms with van der Waals surface area (Å²) in [4.78, 5) is 13.5. The molecule has 0 amide bonds. The number of alkyl halides is 3. The van der Waals surface area contributed by atoms with Crippen LogP contribution in [0.2, 0.25) is 5.02 Å². The van der Waals surface area contributed by atoms with Gasteiger partial charge in [0.05, 0.1) is 10.6 Å². The Morgan fingerprint density at radius 3 is 2.73 bits per heavy atom. The predicted octanol–water partition coefficient (Wildman–Crippen LogP) is 4.38. The van der Waals surface area contributed by atoms with E-state index in [-0.39, 0.29) is 23.0 Å². The largest absolute Gasteiger partial charge is 0.484 e. The van der Waals surface area contributed by atoms with Crippen LogP contribution < -0.4 is 10.5 Å². The van der Waals surface area contributed by atoms with Crippen LogP contribution in [0.1, 0.15) is 22.8 Å². The summed E-state index contributed by atoms with van der Waals surface area (Å²) < 4.78 is 49.1. The van der Waals surface area contributed by atoms with Gasteiger partial charge in [0, 0.05) is 17.5 Å². The number of nitrogens with zero attached hydrogens (tertiary/aromatic N) is 1. The third-order valence-corrected chi connectivity index (χ3v) is 4.37. The molecule has 0 spiro atoms. The Bertz CT molecular complexity index is 1040. The Hall–Kier alpha value is -2.74. The van der Waals surface area contributed by atoms with Gasteiger partial charge in [0.15, 0.2) is 5.82 Å². The molecule has 134 valence electrons. The molecule has 4 rings (SSSR count). The van der Waals surface area contributed by atoms with Crippen molar-refractivity contribution in [1.82, 2.24) is 10.1 Å². The zero-order chi connectivity index (χ0) is 18.5. The predicted molar refractivity (Wildman–Crippen MR) is 86.1 cm³/mol. The van der Waals surface area contributed by atoms with Gasteiger partial charge in [-0.3, -0.25) is 9.51 Å². The lowest BCUT2D eigenvalue weighted by atomic mass is 10.0. The molecule has 0 unspecified atom stereocenters. The standard InChI is InChI=1S/C17H10ClF3N2O3/c18-12-7-11(17(19,20)21)5-10-6-13(25-14(10)12)8-2-1-3-9(4-8)15-22-16(24)26-23-15/h1-5,7,13H,6H2,(H,22,23,24)/t13-/m1/s1. The first-order valence-corrected chi connectivity index (χ1v) is 7.91. The summed E-state index contributed by atoms with van der Waals surface area (Å²) in [5.74, 6) is -0.170. The zero-order valence-corrected chi connectivity index (χ0v) is 13.7. The number of ether oxygens (including phenoxy) is 1. The number of hydrogen-bond acceptors (Lipinski definition) is 4. The van der Waals surface area contributed by atoms with E-state index in [2.05, 4.69) is 14.7 Å². The summed E-state index contributed by atoms with van der Waals surface area (Å²) in [5, 5.41) is 3.54. The van der Waals surface area contributed by atoms with Crippen molar-refractivity contribution >= 4 is 11.6 Å². The Morgan fingerprint density at radius 1 is 1.23 bits per heavy atom. The lowest BCUT2D eigenvalue weighted by molar-refractivity contribution is -0.137. The first kappa shape index (κ1) is 16.7. The number of H-pyrrole nitrogens is 1. The van der Waals surface area contributed by atoms with Gasteiger partial charge in [0.25, 0.3) is 0 Å². The number of fused-ring (bicyclic) bond motifs is 1. The van der Waals surface area contributed by atoms with Crippen molar-refractivity contribution in [3.05, 3.63) is 68.7 Å². The van der Waals surface area contributed by atoms with Crippen LogP contribution in [0.4, 0.5) is 13.2 Å². The Morgan fingerprint density at radius 2 is 2.04 bits per heavy atom. The molecule has 2 heterocycles. The van der Waals surface area contributed by atoms with Crippen molar-refractivity contribution in [2.24, 2.45) is 0 Å². The Balaban J connectivity index is 1.66. The molecular weight excluding hydrogens is 373 g/mol. The van der Waals surface area contributed by atoms with E-state index in [0.717, 1.165) is 12.1 Å². The smallest absolute Gasteiger partial charge is 0.439 e. The number of benzene rings is 2. The van der Waals surface area contributed by atoms with Gasteiger partial charge in [-0.15, -0.1) is 0 Å². The van der Waals surface area contributed by atoms with Crippen molar-refractivity contribution in [3.8, 4) is 17.1 Å². The molecule has 0 saturated heterocycles. The van der Waals surface area contributed by atoms with Gasteiger partial charge in [-0.05, 0) is 23.8 Å². The summed E-state index contributed by atoms with van der Waals surface area (Å²) in [6.07, 6.45) is -4.72. The quantitative estimate of drug-likeness (QED) is 0.714. The average molecular weight is 383 g/mol. The van der Waals surface area contributed by atoms with Crippen LogP contribution in [-0.4, -0.2) is 10.1 Å². The summed E-state index contributed by atoms with van der Waals surface area (Å²) in [7, 11) is 0. The summed E-state index contributed by atoms with van der Waals surface area (Å²) >= 11 is 5.98. The molecule has 1 aliphatic heterocycles. The minimum absolute atomic E-state index is 0.0747. The lowest BCUT2D eigenvalue weighted by Crippen LogP contribution is -2.05. The van der Waals surface area contributed by atoms with Crippen molar-refractivity contribution < 1.29 is 22.4 Å². The van der Waals surface area contributed by atoms with Crippen LogP contribution in [0.3, 0.4) is 0 Å². The molecule has 0 aliphatic carbocycles. The normalized spacial score (nSPS) is 16.4. The molecule has 9 heteroatoms. The van der Waals surface area contributed by atoms with E-state index in [9.17, 15) is 18.0 Å². The Labute approximate surface area is 149 Å². The minimum Gasteiger partial charge on any atom is -0.484 e. The molecular formula is C17H10ClF3N2O3. The summed E-state index contributed by atoms with van der Waals surface area (Å²) in [6, 6.07) is 8.86. The summed E-state index contributed by atoms with van der Waals surface area (Å²) in [6.45, 7) is 0. The van der Waals surface area contributed by atoms with Crippen LogP contribution >= 0.6 is 11.6 Å². The molecule has 3 aromatic rings. The van der Waals surface area contributed by atoms with Gasteiger partial charge in [0.1, 0.15) is 11.9 Å². The minimum atomic E-state index is -4.48. The highest BCUT2D eigenvalue weighted by atomic mass is 35.5. The van der Waals surface area contributed by atoms with E-state index in [1.54, 1.807) is 24.3 Å². The van der Waals surface area contributed by atoms with Gasteiger partial charge in [0.2, 0.25) is 0 Å². The molecule has 0 fully saturated rings. The van der Waals surface area contributed by atoms with Gasteiger partial charge in [-0.2, -0.15) is 13.2 Å². The van der Waals surface area contributed by atoms with Crippen LogP contribution in [-0.2, 0) is 12.6 Å². The van der Waals surface area contributed by atoms with E-state index in [1.807, 2.05) is 0 Å². The van der Waals surface area contributed by atoms with Crippen molar-refractivity contribution in [3.63, 3.8) is 0 Å². The molecule has 0 radical (unpaired) electrons. The second-order valence-electron chi connectivity index (χ2n) is 5.82. The topological polar surface area (TPSA) is 68.1 Å². The van der Waals surface area contributed by atoms with Gasteiger partial charge < -0.3 is 4.74 Å². The molecule has 1 aliphatic rings. The number of nitrogens with one attached hydrogen (secondary N) is 1. The molecule has 1 aromatic heterocycles. The second-order valence-corrected chi connectivity index (χ2v) is 6.23. The third-order valence-electron chi connectivity index (χ3n) is 4.09. The van der Waals surface area contributed by atoms with Crippen LogP contribution in [0.5, 0.6) is 5.75 Å². The maximum Gasteiger partial charge on any atom is 0.439 e. The number of halogens is 4. The number of rotatable bonds is 2. The van der Waals surface area contributed by atoms with E-state index < -0.39 is 23.6 Å². The fourth-order valence-electron chi connectivity index (χ4n) is 2.91. The highest BCUT2D eigenvalue weighted by molar-refractivity contribution is 6.32. The fraction of sp³-hybridized carbons (Fsp3) is 0.176. The molecule has 26 heavy (non-hydrogen) atoms. The van der Waals surface area contributed by atoms with E-state index in [4.69, 9.17) is 16.3 Å². The van der Waals surface area contributed by atoms with Gasteiger partial charge in [-0.1, -0.05) is 35.0 Å². The molecule has 2 aromatic carbocycles. The monoisotopic (exact) mass is 382 g/mol. The highest BCUT2D eigenvalue weighted by Crippen LogP contribution is 2.45. The molecule has 1 atom stereocenters. The highest BCUT2D eigenvalue weighted by Gasteiger charge is 2.35. The van der Waals surface area contributed by atoms with Gasteiger partial charge >= 0.3 is 11.9 Å². The second kappa shape index (κ2) is 5.91. The van der Waals surface area contributed by atoms with Gasteiger partial charge in [-0.25, -0.2) is 4.79 Å². The van der Waals surface area contributed by atoms with E-state index in [1.165, 1.54) is 0 Å². The van der Waals surface area contributed by atoms with E-state index in [0.29, 0.717) is 16.7 Å². The number of aromatic amines is 1. The first-order valence-electron chi connectivity index (χ1n) is 7.54. The van der Waals surface area contributed by atoms with Crippen LogP contribution in [0.25, 0.3) is 11.4 Å². The third kappa shape index (κ3) is 2.96. The average Bonchev–Trinajstić information content (AvgIpc) is 3.21. The van der Waals surface area contributed by atoms with Crippen molar-refractivity contribution in [2.75, 3.05) is 0 Å². The van der Waals surface area contributed by atoms with Crippen molar-refractivity contribution in [1.29, 1.82) is 0 Å². The number of aromatic nitrogens is 2. The lowest BCUT2D eigenvalue weighted by Gasteiger charge is -2.12. The van der Waals surface area contributed by atoms with Crippen LogP contribution in [0.15, 0.2) is 45.7 Å². The molecule has 1 N–H and O–H groups in total.